The van der Waals surface area contributed by atoms with Crippen LogP contribution in [-0.4, -0.2) is 21.7 Å². The molecule has 2 N–H and O–H groups in total. The molecule has 1 aromatic carbocycles. The molecule has 5 heteroatoms. The fourth-order valence-corrected chi connectivity index (χ4v) is 3.94. The summed E-state index contributed by atoms with van der Waals surface area (Å²) in [7, 11) is 0. The van der Waals surface area contributed by atoms with Crippen molar-refractivity contribution >= 4 is 11.8 Å². The largest absolute Gasteiger partial charge is 0.456 e. The van der Waals surface area contributed by atoms with Crippen molar-refractivity contribution in [3.8, 4) is 0 Å². The lowest BCUT2D eigenvalue weighted by atomic mass is 10.0. The fraction of sp³-hybridized carbons (Fsp3) is 0.333. The Balaban J connectivity index is 1.91. The number of hydrogen-bond acceptors (Lipinski definition) is 3. The van der Waals surface area contributed by atoms with E-state index in [1.54, 1.807) is 0 Å². The zero-order chi connectivity index (χ0) is 21.1. The van der Waals surface area contributed by atoms with Gasteiger partial charge in [0, 0.05) is 5.69 Å². The highest BCUT2D eigenvalue weighted by Crippen LogP contribution is 2.26. The summed E-state index contributed by atoms with van der Waals surface area (Å²) in [5, 5.41) is 0. The van der Waals surface area contributed by atoms with E-state index in [9.17, 15) is 9.59 Å². The van der Waals surface area contributed by atoms with Gasteiger partial charge in [0.15, 0.2) is 0 Å². The molecule has 0 atom stereocenters. The molecular weight excluding hydrogens is 364 g/mol. The van der Waals surface area contributed by atoms with Gasteiger partial charge in [-0.2, -0.15) is 0 Å². The topological polar surface area (TPSA) is 75.0 Å². The van der Waals surface area contributed by atoms with Gasteiger partial charge in [0.1, 0.15) is 12.3 Å². The molecule has 0 unspecified atom stereocenters. The third-order valence-electron chi connectivity index (χ3n) is 5.55. The summed E-state index contributed by atoms with van der Waals surface area (Å²) in [6, 6.07) is 9.53. The lowest BCUT2D eigenvalue weighted by Gasteiger charge is -2.04. The number of ether oxygens (including phenoxy) is 1. The molecule has 0 fully saturated rings. The summed E-state index contributed by atoms with van der Waals surface area (Å²) < 4.78 is 5.47. The van der Waals surface area contributed by atoms with Crippen LogP contribution in [0.3, 0.4) is 0 Å². The number of carbonyl (C=O) groups excluding carboxylic acids is 2. The van der Waals surface area contributed by atoms with E-state index in [-0.39, 0.29) is 12.4 Å². The minimum Gasteiger partial charge on any atom is -0.456 e. The van der Waals surface area contributed by atoms with E-state index in [0.717, 1.165) is 39.9 Å². The van der Waals surface area contributed by atoms with Crippen LogP contribution in [0.25, 0.3) is 0 Å². The van der Waals surface area contributed by atoms with Crippen molar-refractivity contribution in [3.63, 3.8) is 0 Å². The van der Waals surface area contributed by atoms with E-state index >= 15 is 0 Å². The van der Waals surface area contributed by atoms with Crippen LogP contribution in [0.1, 0.15) is 74.0 Å². The van der Waals surface area contributed by atoms with Crippen molar-refractivity contribution in [3.05, 3.63) is 80.9 Å². The summed E-state index contributed by atoms with van der Waals surface area (Å²) in [5.41, 5.74) is 7.08. The Morgan fingerprint density at radius 1 is 0.828 bits per heavy atom. The third kappa shape index (κ3) is 3.90. The van der Waals surface area contributed by atoms with Crippen LogP contribution in [0, 0.1) is 20.8 Å². The molecule has 2 aromatic heterocycles. The SMILES string of the molecule is CCc1c(C)[nH]c(C(=O)c2[nH]c(C(=O)OCc3ccccc3)c(C)c2CC)c1C. The maximum Gasteiger partial charge on any atom is 0.355 e. The van der Waals surface area contributed by atoms with E-state index in [4.69, 9.17) is 4.74 Å². The highest BCUT2D eigenvalue weighted by molar-refractivity contribution is 6.10. The van der Waals surface area contributed by atoms with Crippen molar-refractivity contribution in [1.82, 2.24) is 9.97 Å². The van der Waals surface area contributed by atoms with E-state index < -0.39 is 5.97 Å². The average molecular weight is 392 g/mol. The van der Waals surface area contributed by atoms with Gasteiger partial charge in [0.25, 0.3) is 0 Å². The minimum absolute atomic E-state index is 0.118. The zero-order valence-electron chi connectivity index (χ0n) is 17.7. The standard InChI is InChI=1S/C24H28N2O3/c1-6-18-14(3)20(25-16(18)5)23(27)22-19(7-2)15(4)21(26-22)24(28)29-13-17-11-9-8-10-12-17/h8-12,25-26H,6-7,13H2,1-5H3. The molecule has 2 heterocycles. The van der Waals surface area contributed by atoms with Crippen LogP contribution in [0.4, 0.5) is 0 Å². The van der Waals surface area contributed by atoms with Gasteiger partial charge in [-0.3, -0.25) is 4.79 Å². The molecular formula is C24H28N2O3. The molecule has 0 spiro atoms. The number of esters is 1. The monoisotopic (exact) mass is 392 g/mol. The second-order valence-corrected chi connectivity index (χ2v) is 7.31. The number of benzene rings is 1. The van der Waals surface area contributed by atoms with E-state index in [0.29, 0.717) is 23.5 Å². The lowest BCUT2D eigenvalue weighted by Crippen LogP contribution is -2.09. The molecule has 0 radical (unpaired) electrons. The van der Waals surface area contributed by atoms with Gasteiger partial charge < -0.3 is 14.7 Å². The highest BCUT2D eigenvalue weighted by Gasteiger charge is 2.26. The average Bonchev–Trinajstić information content (AvgIpc) is 3.21. The molecule has 0 aliphatic heterocycles. The van der Waals surface area contributed by atoms with Crippen LogP contribution >= 0.6 is 0 Å². The van der Waals surface area contributed by atoms with Crippen LogP contribution < -0.4 is 0 Å². The number of aryl methyl sites for hydroxylation is 1. The molecule has 0 bridgehead atoms. The summed E-state index contributed by atoms with van der Waals surface area (Å²) in [5.74, 6) is -0.568. The first-order valence-electron chi connectivity index (χ1n) is 10.0. The Morgan fingerprint density at radius 3 is 2.03 bits per heavy atom. The Morgan fingerprint density at radius 2 is 1.45 bits per heavy atom. The second kappa shape index (κ2) is 8.52. The Kier molecular flexibility index (Phi) is 6.06. The Bertz CT molecular complexity index is 1040. The fourth-order valence-electron chi connectivity index (χ4n) is 3.94. The molecule has 29 heavy (non-hydrogen) atoms. The van der Waals surface area contributed by atoms with E-state index in [2.05, 4.69) is 16.9 Å². The Hall–Kier alpha value is -3.08. The first-order chi connectivity index (χ1) is 13.9. The lowest BCUT2D eigenvalue weighted by molar-refractivity contribution is 0.0465. The number of H-pyrrole nitrogens is 2. The molecule has 5 nitrogen and oxygen atoms in total. The Labute approximate surface area is 171 Å². The van der Waals surface area contributed by atoms with Crippen LogP contribution in [0.15, 0.2) is 30.3 Å². The van der Waals surface area contributed by atoms with Crippen LogP contribution in [0.5, 0.6) is 0 Å². The summed E-state index contributed by atoms with van der Waals surface area (Å²) in [6.45, 7) is 10.1. The maximum atomic E-state index is 13.3. The smallest absolute Gasteiger partial charge is 0.355 e. The zero-order valence-corrected chi connectivity index (χ0v) is 17.7. The molecule has 0 aliphatic rings. The normalized spacial score (nSPS) is 10.9. The van der Waals surface area contributed by atoms with Gasteiger partial charge in [0.05, 0.1) is 11.4 Å². The highest BCUT2D eigenvalue weighted by atomic mass is 16.5. The van der Waals surface area contributed by atoms with E-state index in [1.165, 1.54) is 0 Å². The molecule has 3 aromatic rings. The van der Waals surface area contributed by atoms with Gasteiger partial charge in [-0.15, -0.1) is 0 Å². The van der Waals surface area contributed by atoms with Crippen molar-refractivity contribution in [2.45, 2.75) is 54.1 Å². The van der Waals surface area contributed by atoms with Crippen molar-refractivity contribution in [2.75, 3.05) is 0 Å². The first kappa shape index (κ1) is 20.6. The summed E-state index contributed by atoms with van der Waals surface area (Å²) in [6.07, 6.45) is 1.51. The minimum atomic E-state index is -0.450. The van der Waals surface area contributed by atoms with Gasteiger partial charge in [0.2, 0.25) is 5.78 Å². The number of rotatable bonds is 7. The molecule has 0 aliphatic carbocycles. The van der Waals surface area contributed by atoms with Crippen LogP contribution in [-0.2, 0) is 24.2 Å². The molecule has 0 amide bonds. The number of aromatic amines is 2. The summed E-state index contributed by atoms with van der Waals surface area (Å²) >= 11 is 0. The molecule has 3 rings (SSSR count). The number of aromatic nitrogens is 2. The van der Waals surface area contributed by atoms with Gasteiger partial charge in [-0.05, 0) is 61.4 Å². The summed E-state index contributed by atoms with van der Waals surface area (Å²) in [4.78, 5) is 32.3. The molecule has 0 saturated carbocycles. The van der Waals surface area contributed by atoms with Gasteiger partial charge in [-0.1, -0.05) is 44.2 Å². The predicted octanol–water partition coefficient (Wildman–Crippen LogP) is 4.98. The predicted molar refractivity (Wildman–Crippen MR) is 114 cm³/mol. The number of ketones is 1. The van der Waals surface area contributed by atoms with Crippen LogP contribution in [0.2, 0.25) is 0 Å². The number of carbonyl (C=O) groups is 2. The quantitative estimate of drug-likeness (QED) is 0.440. The third-order valence-corrected chi connectivity index (χ3v) is 5.55. The van der Waals surface area contributed by atoms with Crippen molar-refractivity contribution in [2.24, 2.45) is 0 Å². The van der Waals surface area contributed by atoms with E-state index in [1.807, 2.05) is 58.0 Å². The molecule has 0 saturated heterocycles. The van der Waals surface area contributed by atoms with Gasteiger partial charge in [-0.25, -0.2) is 4.79 Å². The second-order valence-electron chi connectivity index (χ2n) is 7.31. The number of hydrogen-bond donors (Lipinski definition) is 2. The van der Waals surface area contributed by atoms with Crippen molar-refractivity contribution in [1.29, 1.82) is 0 Å². The molecule has 152 valence electrons. The number of nitrogens with one attached hydrogen (secondary N) is 2. The first-order valence-corrected chi connectivity index (χ1v) is 10.0. The van der Waals surface area contributed by atoms with Gasteiger partial charge >= 0.3 is 5.97 Å². The van der Waals surface area contributed by atoms with Crippen molar-refractivity contribution < 1.29 is 14.3 Å². The maximum absolute atomic E-state index is 13.3.